The maximum atomic E-state index is 14.9. The molecule has 4 unspecified atom stereocenters. The third kappa shape index (κ3) is 4.59. The number of aryl methyl sites for hydroxylation is 1. The van der Waals surface area contributed by atoms with Gasteiger partial charge in [0.15, 0.2) is 0 Å². The molecule has 4 fully saturated rings. The highest BCUT2D eigenvalue weighted by Gasteiger charge is 2.66. The summed E-state index contributed by atoms with van der Waals surface area (Å²) in [5.74, 6) is -3.85. The molecule has 2 aromatic rings. The smallest absolute Gasteiger partial charge is 0.407 e. The van der Waals surface area contributed by atoms with Gasteiger partial charge in [-0.05, 0) is 68.9 Å². The second-order valence-electron chi connectivity index (χ2n) is 12.1. The van der Waals surface area contributed by atoms with Crippen LogP contribution in [0.15, 0.2) is 30.3 Å². The minimum atomic E-state index is -1.06. The zero-order chi connectivity index (χ0) is 29.9. The summed E-state index contributed by atoms with van der Waals surface area (Å²) in [5.41, 5.74) is 2.55. The lowest BCUT2D eigenvalue weighted by atomic mass is 9.45. The van der Waals surface area contributed by atoms with Crippen molar-refractivity contribution in [3.8, 4) is 0 Å². The van der Waals surface area contributed by atoms with E-state index in [0.29, 0.717) is 25.2 Å². The number of benzene rings is 2. The van der Waals surface area contributed by atoms with E-state index in [0.717, 1.165) is 29.7 Å². The number of ether oxygens (including phenoxy) is 1. The molecular formula is C31H34F2N4O5. The van der Waals surface area contributed by atoms with Gasteiger partial charge in [-0.2, -0.15) is 0 Å². The molecule has 6 rings (SSSR count). The number of hydrogen-bond acceptors (Lipinski definition) is 6. The Morgan fingerprint density at radius 2 is 1.83 bits per heavy atom. The number of nitrogens with one attached hydrogen (secondary N) is 2. The van der Waals surface area contributed by atoms with E-state index < -0.39 is 40.9 Å². The highest BCUT2D eigenvalue weighted by molar-refractivity contribution is 6.01. The predicted molar refractivity (Wildman–Crippen MR) is 150 cm³/mol. The molecule has 4 amide bonds. The highest BCUT2D eigenvalue weighted by Crippen LogP contribution is 2.63. The minimum Gasteiger partial charge on any atom is -0.446 e. The van der Waals surface area contributed by atoms with Gasteiger partial charge in [-0.15, -0.1) is 0 Å². The Labute approximate surface area is 242 Å². The molecule has 0 spiro atoms. The van der Waals surface area contributed by atoms with Gasteiger partial charge in [0.05, 0.1) is 17.4 Å². The molecular weight excluding hydrogens is 546 g/mol. The predicted octanol–water partition coefficient (Wildman–Crippen LogP) is 3.85. The number of carbonyl (C=O) groups is 4. The third-order valence-corrected chi connectivity index (χ3v) is 9.77. The van der Waals surface area contributed by atoms with Crippen LogP contribution in [-0.2, 0) is 19.1 Å². The summed E-state index contributed by atoms with van der Waals surface area (Å²) in [6, 6.07) is 8.00. The molecule has 9 nitrogen and oxygen atoms in total. The first-order valence-electron chi connectivity index (χ1n) is 14.4. The molecule has 222 valence electrons. The van der Waals surface area contributed by atoms with Crippen LogP contribution in [0.2, 0.25) is 0 Å². The van der Waals surface area contributed by atoms with Crippen molar-refractivity contribution in [3.05, 3.63) is 58.7 Å². The van der Waals surface area contributed by atoms with Crippen molar-refractivity contribution in [2.75, 3.05) is 29.9 Å². The van der Waals surface area contributed by atoms with E-state index in [2.05, 4.69) is 10.6 Å². The van der Waals surface area contributed by atoms with Gasteiger partial charge in [0.1, 0.15) is 17.7 Å². The minimum absolute atomic E-state index is 0.00460. The number of carbonyl (C=O) groups excluding carboxylic acids is 4. The second kappa shape index (κ2) is 10.4. The fraction of sp³-hybridized carbons (Fsp3) is 0.484. The van der Waals surface area contributed by atoms with Crippen molar-refractivity contribution >= 4 is 35.2 Å². The van der Waals surface area contributed by atoms with Crippen molar-refractivity contribution < 1.29 is 32.7 Å². The van der Waals surface area contributed by atoms with Crippen LogP contribution in [-0.4, -0.2) is 56.1 Å². The molecule has 42 heavy (non-hydrogen) atoms. The van der Waals surface area contributed by atoms with Crippen LogP contribution in [0.5, 0.6) is 0 Å². The Morgan fingerprint density at radius 1 is 1.12 bits per heavy atom. The molecule has 11 heteroatoms. The first kappa shape index (κ1) is 28.1. The monoisotopic (exact) mass is 580 g/mol. The number of nitrogens with zero attached hydrogens (tertiary/aromatic N) is 2. The van der Waals surface area contributed by atoms with Gasteiger partial charge < -0.3 is 19.9 Å². The molecule has 2 aliphatic heterocycles. The Hall–Kier alpha value is -4.02. The summed E-state index contributed by atoms with van der Waals surface area (Å²) in [6.45, 7) is 4.70. The number of rotatable bonds is 6. The Bertz CT molecular complexity index is 1470. The van der Waals surface area contributed by atoms with Crippen LogP contribution in [0.1, 0.15) is 54.7 Å². The summed E-state index contributed by atoms with van der Waals surface area (Å²) in [4.78, 5) is 53.0. The van der Waals surface area contributed by atoms with E-state index in [1.807, 2.05) is 32.0 Å². The number of amides is 4. The van der Waals surface area contributed by atoms with Crippen molar-refractivity contribution in [2.24, 2.45) is 11.3 Å². The van der Waals surface area contributed by atoms with E-state index in [1.54, 1.807) is 16.8 Å². The maximum Gasteiger partial charge on any atom is 0.407 e. The quantitative estimate of drug-likeness (QED) is 0.503. The zero-order valence-electron chi connectivity index (χ0n) is 23.8. The summed E-state index contributed by atoms with van der Waals surface area (Å²) < 4.78 is 35.4. The van der Waals surface area contributed by atoms with Crippen LogP contribution in [0.25, 0.3) is 0 Å². The topological polar surface area (TPSA) is 108 Å². The van der Waals surface area contributed by atoms with E-state index in [1.165, 1.54) is 12.1 Å². The van der Waals surface area contributed by atoms with Crippen molar-refractivity contribution in [1.29, 1.82) is 0 Å². The largest absolute Gasteiger partial charge is 0.446 e. The first-order chi connectivity index (χ1) is 20.0. The van der Waals surface area contributed by atoms with Crippen LogP contribution < -0.4 is 20.4 Å². The van der Waals surface area contributed by atoms with Crippen LogP contribution in [0.4, 0.5) is 25.0 Å². The Kier molecular flexibility index (Phi) is 6.93. The average molecular weight is 581 g/mol. The van der Waals surface area contributed by atoms with E-state index >= 15 is 0 Å². The van der Waals surface area contributed by atoms with Gasteiger partial charge in [-0.25, -0.2) is 13.6 Å². The number of anilines is 2. The van der Waals surface area contributed by atoms with Gasteiger partial charge in [0.25, 0.3) is 0 Å². The molecule has 4 atom stereocenters. The average Bonchev–Trinajstić information content (AvgIpc) is 2.90. The number of fused-ring (bicyclic) bond motifs is 1. The summed E-state index contributed by atoms with van der Waals surface area (Å²) in [7, 11) is 1.80. The molecule has 2 saturated carbocycles. The first-order valence-corrected chi connectivity index (χ1v) is 14.4. The Morgan fingerprint density at radius 3 is 2.45 bits per heavy atom. The third-order valence-electron chi connectivity index (χ3n) is 9.77. The lowest BCUT2D eigenvalue weighted by Gasteiger charge is -2.61. The number of piperidine rings is 1. The van der Waals surface area contributed by atoms with Gasteiger partial charge in [-0.3, -0.25) is 19.7 Å². The number of halogens is 2. The van der Waals surface area contributed by atoms with Gasteiger partial charge in [0, 0.05) is 49.4 Å². The van der Waals surface area contributed by atoms with Crippen LogP contribution in [0, 0.1) is 36.8 Å². The van der Waals surface area contributed by atoms with Crippen molar-refractivity contribution in [2.45, 2.75) is 64.0 Å². The summed E-state index contributed by atoms with van der Waals surface area (Å²) >= 11 is 0. The molecule has 2 heterocycles. The van der Waals surface area contributed by atoms with Gasteiger partial charge >= 0.3 is 6.09 Å². The lowest BCUT2D eigenvalue weighted by molar-refractivity contribution is -0.188. The highest BCUT2D eigenvalue weighted by atomic mass is 19.1. The zero-order valence-corrected chi connectivity index (χ0v) is 23.8. The summed E-state index contributed by atoms with van der Waals surface area (Å²) in [6.07, 6.45) is 1.28. The van der Waals surface area contributed by atoms with E-state index in [9.17, 15) is 28.0 Å². The SMILES string of the molecule is Cc1cccc(N(C)C(=O)C23CCC2C(OC(=O)NC2CN(c4cc(F)c(C5CCC(=O)NC5=O)c(F)c4)C2)C3)c1C. The standard InChI is InChI=1S/C31H34F2N4O5/c1-16-5-4-6-24(17(16)2)36(3)29(40)31-10-9-21(31)25(13-31)42-30(41)34-18-14-37(15-18)19-11-22(32)27(23(33)12-19)20-7-8-26(38)35-28(20)39/h4-6,11-12,18,20-21,25H,7-10,13-15H2,1-3H3,(H,34,41)(H,35,38,39). The Balaban J connectivity index is 1.00. The summed E-state index contributed by atoms with van der Waals surface area (Å²) in [5, 5.41) is 4.94. The molecule has 2 aromatic carbocycles. The fourth-order valence-corrected chi connectivity index (χ4v) is 6.99. The normalized spacial score (nSPS) is 26.7. The fourth-order valence-electron chi connectivity index (χ4n) is 6.99. The molecule has 2 aliphatic carbocycles. The van der Waals surface area contributed by atoms with Gasteiger partial charge in [-0.1, -0.05) is 12.1 Å². The van der Waals surface area contributed by atoms with Gasteiger partial charge in [0.2, 0.25) is 17.7 Å². The second-order valence-corrected chi connectivity index (χ2v) is 12.1. The van der Waals surface area contributed by atoms with Crippen molar-refractivity contribution in [1.82, 2.24) is 10.6 Å². The number of imide groups is 1. The molecule has 0 bridgehead atoms. The molecule has 2 saturated heterocycles. The van der Waals surface area contributed by atoms with Crippen LogP contribution in [0.3, 0.4) is 0 Å². The van der Waals surface area contributed by atoms with Crippen molar-refractivity contribution in [3.63, 3.8) is 0 Å². The molecule has 0 aromatic heterocycles. The number of hydrogen-bond donors (Lipinski definition) is 2. The molecule has 2 N–H and O–H groups in total. The van der Waals surface area contributed by atoms with E-state index in [-0.39, 0.29) is 42.4 Å². The van der Waals surface area contributed by atoms with Crippen LogP contribution >= 0.6 is 0 Å². The molecule has 4 aliphatic rings. The van der Waals surface area contributed by atoms with E-state index in [4.69, 9.17) is 4.74 Å². The molecule has 0 radical (unpaired) electrons. The lowest BCUT2D eigenvalue weighted by Crippen LogP contribution is -2.67. The number of alkyl carbamates (subject to hydrolysis) is 1. The maximum absolute atomic E-state index is 14.9.